The van der Waals surface area contributed by atoms with Crippen molar-refractivity contribution in [2.45, 2.75) is 6.54 Å². The molecular formula is C16H14ClN3O. The van der Waals surface area contributed by atoms with Gasteiger partial charge in [0.15, 0.2) is 0 Å². The average molecular weight is 300 g/mol. The molecule has 2 N–H and O–H groups in total. The summed E-state index contributed by atoms with van der Waals surface area (Å²) in [6.07, 6.45) is 0. The first-order chi connectivity index (χ1) is 10.2. The Kier molecular flexibility index (Phi) is 5.19. The Labute approximate surface area is 128 Å². The van der Waals surface area contributed by atoms with E-state index in [2.05, 4.69) is 10.6 Å². The lowest BCUT2D eigenvalue weighted by atomic mass is 10.2. The summed E-state index contributed by atoms with van der Waals surface area (Å²) in [5.41, 5.74) is 2.10. The zero-order chi connectivity index (χ0) is 15.1. The topological polar surface area (TPSA) is 64.9 Å². The fourth-order valence-corrected chi connectivity index (χ4v) is 1.95. The molecule has 1 amide bonds. The first-order valence-corrected chi connectivity index (χ1v) is 6.81. The van der Waals surface area contributed by atoms with E-state index in [1.165, 1.54) is 0 Å². The average Bonchev–Trinajstić information content (AvgIpc) is 2.53. The monoisotopic (exact) mass is 299 g/mol. The number of hydrogen-bond acceptors (Lipinski definition) is 3. The van der Waals surface area contributed by atoms with Gasteiger partial charge < -0.3 is 10.6 Å². The number of carbonyl (C=O) groups is 1. The van der Waals surface area contributed by atoms with Crippen molar-refractivity contribution in [2.24, 2.45) is 0 Å². The second-order valence-corrected chi connectivity index (χ2v) is 4.83. The molecule has 5 heteroatoms. The van der Waals surface area contributed by atoms with Crippen LogP contribution in [-0.2, 0) is 11.3 Å². The second kappa shape index (κ2) is 7.32. The molecule has 0 atom stereocenters. The third-order valence-electron chi connectivity index (χ3n) is 2.87. The molecule has 0 radical (unpaired) electrons. The van der Waals surface area contributed by atoms with Crippen LogP contribution < -0.4 is 10.6 Å². The number of nitrogens with zero attached hydrogens (tertiary/aromatic N) is 1. The summed E-state index contributed by atoms with van der Waals surface area (Å²) >= 11 is 6.01. The lowest BCUT2D eigenvalue weighted by Crippen LogP contribution is -2.29. The molecule has 21 heavy (non-hydrogen) atoms. The summed E-state index contributed by atoms with van der Waals surface area (Å²) in [6.45, 7) is 0.578. The fourth-order valence-electron chi connectivity index (χ4n) is 1.76. The predicted molar refractivity (Wildman–Crippen MR) is 82.9 cm³/mol. The molecule has 106 valence electrons. The van der Waals surface area contributed by atoms with E-state index < -0.39 is 0 Å². The SMILES string of the molecule is N#Cc1ccc(Cl)c(NCC(=O)NCc2ccccc2)c1. The van der Waals surface area contributed by atoms with E-state index in [1.54, 1.807) is 18.2 Å². The molecule has 0 unspecified atom stereocenters. The fraction of sp³-hybridized carbons (Fsp3) is 0.125. The molecular weight excluding hydrogens is 286 g/mol. The van der Waals surface area contributed by atoms with Gasteiger partial charge in [-0.2, -0.15) is 5.26 Å². The molecule has 2 aromatic carbocycles. The Morgan fingerprint density at radius 1 is 1.19 bits per heavy atom. The molecule has 2 aromatic rings. The van der Waals surface area contributed by atoms with Crippen LogP contribution in [0.4, 0.5) is 5.69 Å². The van der Waals surface area contributed by atoms with Crippen molar-refractivity contribution in [3.8, 4) is 6.07 Å². The molecule has 0 fully saturated rings. The normalized spacial score (nSPS) is 9.71. The second-order valence-electron chi connectivity index (χ2n) is 4.42. The Hall–Kier alpha value is -2.51. The Bertz CT molecular complexity index is 665. The van der Waals surface area contributed by atoms with E-state index in [0.717, 1.165) is 5.56 Å². The van der Waals surface area contributed by atoms with Gasteiger partial charge in [-0.3, -0.25) is 4.79 Å². The quantitative estimate of drug-likeness (QED) is 0.892. The number of nitrogens with one attached hydrogen (secondary N) is 2. The molecule has 4 nitrogen and oxygen atoms in total. The number of carbonyl (C=O) groups excluding carboxylic acids is 1. The van der Waals surface area contributed by atoms with E-state index >= 15 is 0 Å². The van der Waals surface area contributed by atoms with Crippen molar-refractivity contribution in [1.82, 2.24) is 5.32 Å². The van der Waals surface area contributed by atoms with Gasteiger partial charge in [-0.25, -0.2) is 0 Å². The van der Waals surface area contributed by atoms with Gasteiger partial charge in [-0.05, 0) is 23.8 Å². The van der Waals surface area contributed by atoms with Crippen LogP contribution in [0, 0.1) is 11.3 Å². The molecule has 0 aliphatic carbocycles. The summed E-state index contributed by atoms with van der Waals surface area (Å²) in [5.74, 6) is -0.141. The lowest BCUT2D eigenvalue weighted by Gasteiger charge is -2.09. The zero-order valence-corrected chi connectivity index (χ0v) is 12.0. The van der Waals surface area contributed by atoms with Crippen molar-refractivity contribution in [3.05, 3.63) is 64.7 Å². The standard InChI is InChI=1S/C16H14ClN3O/c17-14-7-6-13(9-18)8-15(14)19-11-16(21)20-10-12-4-2-1-3-5-12/h1-8,19H,10-11H2,(H,20,21). The van der Waals surface area contributed by atoms with E-state index in [4.69, 9.17) is 16.9 Å². The maximum absolute atomic E-state index is 11.8. The highest BCUT2D eigenvalue weighted by molar-refractivity contribution is 6.33. The van der Waals surface area contributed by atoms with E-state index in [9.17, 15) is 4.79 Å². The van der Waals surface area contributed by atoms with Crippen LogP contribution in [0.25, 0.3) is 0 Å². The summed E-state index contributed by atoms with van der Waals surface area (Å²) in [4.78, 5) is 11.8. The Balaban J connectivity index is 1.85. The van der Waals surface area contributed by atoms with Gasteiger partial charge in [0, 0.05) is 6.54 Å². The number of halogens is 1. The van der Waals surface area contributed by atoms with Crippen molar-refractivity contribution >= 4 is 23.2 Å². The zero-order valence-electron chi connectivity index (χ0n) is 11.3. The molecule has 2 rings (SSSR count). The van der Waals surface area contributed by atoms with Gasteiger partial charge in [-0.15, -0.1) is 0 Å². The Morgan fingerprint density at radius 2 is 1.95 bits per heavy atom. The van der Waals surface area contributed by atoms with Gasteiger partial charge >= 0.3 is 0 Å². The molecule has 0 aromatic heterocycles. The molecule has 0 saturated carbocycles. The largest absolute Gasteiger partial charge is 0.375 e. The van der Waals surface area contributed by atoms with E-state index in [1.807, 2.05) is 36.4 Å². The third kappa shape index (κ3) is 4.51. The maximum atomic E-state index is 11.8. The minimum absolute atomic E-state index is 0.0986. The minimum atomic E-state index is -0.141. The van der Waals surface area contributed by atoms with Gasteiger partial charge in [-0.1, -0.05) is 41.9 Å². The third-order valence-corrected chi connectivity index (χ3v) is 3.20. The lowest BCUT2D eigenvalue weighted by molar-refractivity contribution is -0.119. The van der Waals surface area contributed by atoms with Crippen molar-refractivity contribution in [2.75, 3.05) is 11.9 Å². The van der Waals surface area contributed by atoms with Gasteiger partial charge in [0.25, 0.3) is 0 Å². The number of nitriles is 1. The number of hydrogen-bond donors (Lipinski definition) is 2. The Morgan fingerprint density at radius 3 is 2.67 bits per heavy atom. The van der Waals surface area contributed by atoms with E-state index in [0.29, 0.717) is 22.8 Å². The number of amides is 1. The van der Waals surface area contributed by atoms with Gasteiger partial charge in [0.1, 0.15) is 0 Å². The molecule has 0 bridgehead atoms. The van der Waals surface area contributed by atoms with Crippen LogP contribution in [0.5, 0.6) is 0 Å². The van der Waals surface area contributed by atoms with Gasteiger partial charge in [0.05, 0.1) is 28.9 Å². The molecule has 0 heterocycles. The first-order valence-electron chi connectivity index (χ1n) is 6.43. The molecule has 0 spiro atoms. The highest BCUT2D eigenvalue weighted by Crippen LogP contribution is 2.22. The highest BCUT2D eigenvalue weighted by atomic mass is 35.5. The number of rotatable bonds is 5. The number of benzene rings is 2. The van der Waals surface area contributed by atoms with Crippen molar-refractivity contribution in [1.29, 1.82) is 5.26 Å². The highest BCUT2D eigenvalue weighted by Gasteiger charge is 2.05. The summed E-state index contributed by atoms with van der Waals surface area (Å²) in [6, 6.07) is 16.6. The van der Waals surface area contributed by atoms with Crippen LogP contribution in [0.1, 0.15) is 11.1 Å². The smallest absolute Gasteiger partial charge is 0.239 e. The summed E-state index contributed by atoms with van der Waals surface area (Å²) in [5, 5.41) is 15.1. The van der Waals surface area contributed by atoms with Crippen LogP contribution in [-0.4, -0.2) is 12.5 Å². The molecule has 0 aliphatic rings. The minimum Gasteiger partial charge on any atom is -0.375 e. The van der Waals surface area contributed by atoms with Crippen LogP contribution in [0.15, 0.2) is 48.5 Å². The van der Waals surface area contributed by atoms with Crippen molar-refractivity contribution < 1.29 is 4.79 Å². The summed E-state index contributed by atoms with van der Waals surface area (Å²) in [7, 11) is 0. The van der Waals surface area contributed by atoms with Crippen LogP contribution >= 0.6 is 11.6 Å². The maximum Gasteiger partial charge on any atom is 0.239 e. The summed E-state index contributed by atoms with van der Waals surface area (Å²) < 4.78 is 0. The van der Waals surface area contributed by atoms with Gasteiger partial charge in [0.2, 0.25) is 5.91 Å². The van der Waals surface area contributed by atoms with Crippen LogP contribution in [0.2, 0.25) is 5.02 Å². The first kappa shape index (κ1) is 14.9. The van der Waals surface area contributed by atoms with Crippen molar-refractivity contribution in [3.63, 3.8) is 0 Å². The molecule has 0 aliphatic heterocycles. The van der Waals surface area contributed by atoms with E-state index in [-0.39, 0.29) is 12.5 Å². The molecule has 0 saturated heterocycles. The predicted octanol–water partition coefficient (Wildman–Crippen LogP) is 2.94. The number of anilines is 1. The van der Waals surface area contributed by atoms with Crippen LogP contribution in [0.3, 0.4) is 0 Å².